The zero-order valence-electron chi connectivity index (χ0n) is 13.4. The van der Waals surface area contributed by atoms with E-state index in [2.05, 4.69) is 18.6 Å². The van der Waals surface area contributed by atoms with Crippen molar-refractivity contribution in [3.05, 3.63) is 58.1 Å². The standard InChI is InChI=1S/C17H19Cl2NO3S/c1-12(2)14-5-3-4-6-17(14)23-10-9-20-24(21,22)13-7-8-15(18)16(19)11-13/h3-8,11-12,20H,9-10H2,1-2H3. The molecule has 7 heteroatoms. The Hall–Kier alpha value is -1.27. The van der Waals surface area contributed by atoms with Crippen molar-refractivity contribution in [2.24, 2.45) is 0 Å². The monoisotopic (exact) mass is 387 g/mol. The zero-order valence-corrected chi connectivity index (χ0v) is 15.8. The van der Waals surface area contributed by atoms with Gasteiger partial charge in [-0.3, -0.25) is 0 Å². The lowest BCUT2D eigenvalue weighted by Gasteiger charge is -2.14. The summed E-state index contributed by atoms with van der Waals surface area (Å²) < 4.78 is 32.6. The van der Waals surface area contributed by atoms with E-state index >= 15 is 0 Å². The molecule has 0 aromatic heterocycles. The van der Waals surface area contributed by atoms with Gasteiger partial charge in [0.1, 0.15) is 12.4 Å². The van der Waals surface area contributed by atoms with Crippen LogP contribution in [-0.2, 0) is 10.0 Å². The molecule has 0 atom stereocenters. The minimum Gasteiger partial charge on any atom is -0.492 e. The van der Waals surface area contributed by atoms with E-state index in [-0.39, 0.29) is 23.1 Å². The van der Waals surface area contributed by atoms with Crippen molar-refractivity contribution in [3.8, 4) is 5.75 Å². The van der Waals surface area contributed by atoms with E-state index in [4.69, 9.17) is 27.9 Å². The zero-order chi connectivity index (χ0) is 17.7. The predicted molar refractivity (Wildman–Crippen MR) is 97.7 cm³/mol. The average Bonchev–Trinajstić information content (AvgIpc) is 2.54. The molecular weight excluding hydrogens is 369 g/mol. The van der Waals surface area contributed by atoms with Crippen LogP contribution in [-0.4, -0.2) is 21.6 Å². The lowest BCUT2D eigenvalue weighted by molar-refractivity contribution is 0.318. The second-order valence-corrected chi connectivity index (χ2v) is 8.10. The van der Waals surface area contributed by atoms with Crippen LogP contribution in [0.5, 0.6) is 5.75 Å². The number of ether oxygens (including phenoxy) is 1. The molecule has 0 aliphatic rings. The Balaban J connectivity index is 1.95. The van der Waals surface area contributed by atoms with Crippen molar-refractivity contribution in [2.45, 2.75) is 24.7 Å². The Bertz CT molecular complexity index is 807. The van der Waals surface area contributed by atoms with Gasteiger partial charge in [0.25, 0.3) is 0 Å². The van der Waals surface area contributed by atoms with E-state index in [0.29, 0.717) is 10.9 Å². The molecule has 2 rings (SSSR count). The minimum absolute atomic E-state index is 0.0690. The van der Waals surface area contributed by atoms with Crippen LogP contribution in [0.15, 0.2) is 47.4 Å². The van der Waals surface area contributed by atoms with Gasteiger partial charge in [-0.2, -0.15) is 0 Å². The molecule has 1 N–H and O–H groups in total. The van der Waals surface area contributed by atoms with E-state index in [1.165, 1.54) is 18.2 Å². The molecule has 0 aliphatic carbocycles. The SMILES string of the molecule is CC(C)c1ccccc1OCCNS(=O)(=O)c1ccc(Cl)c(Cl)c1. The van der Waals surface area contributed by atoms with Gasteiger partial charge in [-0.05, 0) is 35.7 Å². The number of rotatable bonds is 7. The molecule has 24 heavy (non-hydrogen) atoms. The molecular formula is C17H19Cl2NO3S. The first-order valence-corrected chi connectivity index (χ1v) is 9.71. The molecule has 0 spiro atoms. The van der Waals surface area contributed by atoms with E-state index in [1.54, 1.807) is 0 Å². The smallest absolute Gasteiger partial charge is 0.240 e. The highest BCUT2D eigenvalue weighted by atomic mass is 35.5. The summed E-state index contributed by atoms with van der Waals surface area (Å²) in [6, 6.07) is 11.9. The lowest BCUT2D eigenvalue weighted by Crippen LogP contribution is -2.28. The maximum absolute atomic E-state index is 12.2. The normalized spacial score (nSPS) is 11.7. The summed E-state index contributed by atoms with van der Waals surface area (Å²) in [5, 5.41) is 0.505. The molecule has 0 radical (unpaired) electrons. The fourth-order valence-corrected chi connectivity index (χ4v) is 3.56. The van der Waals surface area contributed by atoms with Crippen LogP contribution >= 0.6 is 23.2 Å². The van der Waals surface area contributed by atoms with Crippen LogP contribution in [0.4, 0.5) is 0 Å². The van der Waals surface area contributed by atoms with Crippen molar-refractivity contribution in [1.82, 2.24) is 4.72 Å². The highest BCUT2D eigenvalue weighted by Crippen LogP contribution is 2.26. The molecule has 0 bridgehead atoms. The molecule has 130 valence electrons. The molecule has 0 fully saturated rings. The summed E-state index contributed by atoms with van der Waals surface area (Å²) in [7, 11) is -3.65. The van der Waals surface area contributed by atoms with Crippen molar-refractivity contribution < 1.29 is 13.2 Å². The second-order valence-electron chi connectivity index (χ2n) is 5.51. The van der Waals surface area contributed by atoms with Crippen LogP contribution < -0.4 is 9.46 Å². The number of para-hydroxylation sites is 1. The number of hydrogen-bond acceptors (Lipinski definition) is 3. The first-order chi connectivity index (χ1) is 11.3. The Labute approximate surface area is 152 Å². The predicted octanol–water partition coefficient (Wildman–Crippen LogP) is 4.47. The third-order valence-electron chi connectivity index (χ3n) is 3.39. The van der Waals surface area contributed by atoms with Crippen molar-refractivity contribution in [3.63, 3.8) is 0 Å². The quantitative estimate of drug-likeness (QED) is 0.712. The maximum Gasteiger partial charge on any atom is 0.240 e. The number of sulfonamides is 1. The van der Waals surface area contributed by atoms with Gasteiger partial charge in [0.2, 0.25) is 10.0 Å². The molecule has 0 saturated heterocycles. The van der Waals surface area contributed by atoms with Gasteiger partial charge in [0.15, 0.2) is 0 Å². The first kappa shape index (κ1) is 19.1. The average molecular weight is 388 g/mol. The molecule has 0 amide bonds. The summed E-state index contributed by atoms with van der Waals surface area (Å²) in [6.07, 6.45) is 0. The fourth-order valence-electron chi connectivity index (χ4n) is 2.15. The summed E-state index contributed by atoms with van der Waals surface area (Å²) in [5.41, 5.74) is 1.09. The van der Waals surface area contributed by atoms with Crippen LogP contribution in [0.3, 0.4) is 0 Å². The second kappa shape index (κ2) is 8.21. The van der Waals surface area contributed by atoms with Gasteiger partial charge in [0, 0.05) is 6.54 Å². The highest BCUT2D eigenvalue weighted by Gasteiger charge is 2.15. The van der Waals surface area contributed by atoms with Gasteiger partial charge in [-0.1, -0.05) is 55.2 Å². The molecule has 4 nitrogen and oxygen atoms in total. The number of halogens is 2. The third kappa shape index (κ3) is 4.86. The largest absolute Gasteiger partial charge is 0.492 e. The Kier molecular flexibility index (Phi) is 6.52. The van der Waals surface area contributed by atoms with Crippen LogP contribution in [0.1, 0.15) is 25.3 Å². The number of nitrogens with one attached hydrogen (secondary N) is 1. The van der Waals surface area contributed by atoms with Crippen molar-refractivity contribution in [2.75, 3.05) is 13.2 Å². The van der Waals surface area contributed by atoms with Crippen molar-refractivity contribution >= 4 is 33.2 Å². The summed E-state index contributed by atoms with van der Waals surface area (Å²) in [6.45, 7) is 4.53. The van der Waals surface area contributed by atoms with Crippen molar-refractivity contribution in [1.29, 1.82) is 0 Å². The molecule has 0 unspecified atom stereocenters. The minimum atomic E-state index is -3.65. The van der Waals surface area contributed by atoms with Gasteiger partial charge in [0.05, 0.1) is 14.9 Å². The summed E-state index contributed by atoms with van der Waals surface area (Å²) in [5.74, 6) is 1.09. The Morgan fingerprint density at radius 2 is 1.79 bits per heavy atom. The molecule has 0 aliphatic heterocycles. The van der Waals surface area contributed by atoms with E-state index < -0.39 is 10.0 Å². The number of hydrogen-bond donors (Lipinski definition) is 1. The van der Waals surface area contributed by atoms with E-state index in [0.717, 1.165) is 11.3 Å². The van der Waals surface area contributed by atoms with Crippen LogP contribution in [0.25, 0.3) is 0 Å². The molecule has 2 aromatic carbocycles. The maximum atomic E-state index is 12.2. The molecule has 0 saturated carbocycles. The van der Waals surface area contributed by atoms with Gasteiger partial charge >= 0.3 is 0 Å². The van der Waals surface area contributed by atoms with Gasteiger partial charge < -0.3 is 4.74 Å². The van der Waals surface area contributed by atoms with E-state index in [1.807, 2.05) is 24.3 Å². The van der Waals surface area contributed by atoms with Gasteiger partial charge in [-0.15, -0.1) is 0 Å². The van der Waals surface area contributed by atoms with Gasteiger partial charge in [-0.25, -0.2) is 13.1 Å². The summed E-state index contributed by atoms with van der Waals surface area (Å²) in [4.78, 5) is 0.0690. The van der Waals surface area contributed by atoms with Crippen LogP contribution in [0, 0.1) is 0 Å². The van der Waals surface area contributed by atoms with Crippen LogP contribution in [0.2, 0.25) is 10.0 Å². The lowest BCUT2D eigenvalue weighted by atomic mass is 10.0. The first-order valence-electron chi connectivity index (χ1n) is 7.47. The number of benzene rings is 2. The molecule has 2 aromatic rings. The Morgan fingerprint density at radius 3 is 2.46 bits per heavy atom. The third-order valence-corrected chi connectivity index (χ3v) is 5.59. The molecule has 0 heterocycles. The Morgan fingerprint density at radius 1 is 1.08 bits per heavy atom. The topological polar surface area (TPSA) is 55.4 Å². The highest BCUT2D eigenvalue weighted by molar-refractivity contribution is 7.89. The summed E-state index contributed by atoms with van der Waals surface area (Å²) >= 11 is 11.7. The van der Waals surface area contributed by atoms with E-state index in [9.17, 15) is 8.42 Å². The fraction of sp³-hybridized carbons (Fsp3) is 0.294.